The highest BCUT2D eigenvalue weighted by molar-refractivity contribution is 7.99. The molecule has 1 aromatic carbocycles. The van der Waals surface area contributed by atoms with Crippen LogP contribution < -0.4 is 9.47 Å². The van der Waals surface area contributed by atoms with E-state index in [1.807, 2.05) is 44.2 Å². The molecule has 1 aliphatic heterocycles. The number of thioether (sulfide) groups is 1. The van der Waals surface area contributed by atoms with Crippen LogP contribution in [0.2, 0.25) is 0 Å². The third-order valence-corrected chi connectivity index (χ3v) is 4.59. The number of carbonyl (C=O) groups is 1. The van der Waals surface area contributed by atoms with E-state index in [1.54, 1.807) is 11.9 Å². The molecule has 1 aromatic heterocycles. The van der Waals surface area contributed by atoms with Gasteiger partial charge in [0.25, 0.3) is 0 Å². The molecule has 2 aromatic rings. The fraction of sp³-hybridized carbons (Fsp3) is 0.389. The summed E-state index contributed by atoms with van der Waals surface area (Å²) in [5.41, 5.74) is 1.81. The Bertz CT molecular complexity index is 749. The maximum Gasteiger partial charge on any atom is 0.232 e. The number of nitrogens with zero attached hydrogens (tertiary/aromatic N) is 3. The van der Waals surface area contributed by atoms with E-state index >= 15 is 0 Å². The van der Waals surface area contributed by atoms with Crippen LogP contribution in [0.15, 0.2) is 35.5 Å². The summed E-state index contributed by atoms with van der Waals surface area (Å²) in [6.07, 6.45) is -0.175. The van der Waals surface area contributed by atoms with Crippen molar-refractivity contribution in [1.29, 1.82) is 0 Å². The molecule has 0 N–H and O–H groups in total. The third kappa shape index (κ3) is 4.63. The monoisotopic (exact) mass is 359 g/mol. The molecule has 1 amide bonds. The minimum atomic E-state index is -0.175. The van der Waals surface area contributed by atoms with Crippen LogP contribution in [0.25, 0.3) is 0 Å². The van der Waals surface area contributed by atoms with Crippen molar-refractivity contribution in [3.63, 3.8) is 0 Å². The summed E-state index contributed by atoms with van der Waals surface area (Å²) in [5.74, 6) is 1.77. The van der Waals surface area contributed by atoms with Crippen LogP contribution in [0.4, 0.5) is 0 Å². The molecule has 0 aliphatic carbocycles. The van der Waals surface area contributed by atoms with E-state index in [-0.39, 0.29) is 12.0 Å². The second kappa shape index (κ2) is 7.74. The van der Waals surface area contributed by atoms with Crippen molar-refractivity contribution >= 4 is 17.7 Å². The predicted octanol–water partition coefficient (Wildman–Crippen LogP) is 2.48. The van der Waals surface area contributed by atoms with Gasteiger partial charge in [-0.25, -0.2) is 9.97 Å². The lowest BCUT2D eigenvalue weighted by Gasteiger charge is -2.29. The Morgan fingerprint density at radius 2 is 1.92 bits per heavy atom. The first-order chi connectivity index (χ1) is 12.0. The summed E-state index contributed by atoms with van der Waals surface area (Å²) in [5, 5.41) is 0.630. The fourth-order valence-corrected chi connectivity index (χ4v) is 3.44. The number of aryl methyl sites for hydroxylation is 2. The zero-order chi connectivity index (χ0) is 17.8. The molecule has 0 saturated carbocycles. The first-order valence-corrected chi connectivity index (χ1v) is 9.07. The molecule has 3 rings (SSSR count). The quantitative estimate of drug-likeness (QED) is 0.604. The van der Waals surface area contributed by atoms with E-state index in [2.05, 4.69) is 9.97 Å². The number of likely N-dealkylation sites (N-methyl/N-ethyl adjacent to an activating group) is 1. The van der Waals surface area contributed by atoms with Crippen molar-refractivity contribution < 1.29 is 14.3 Å². The van der Waals surface area contributed by atoms with Crippen molar-refractivity contribution in [2.45, 2.75) is 25.1 Å². The van der Waals surface area contributed by atoms with Gasteiger partial charge < -0.3 is 14.4 Å². The molecule has 2 heterocycles. The fourth-order valence-electron chi connectivity index (χ4n) is 2.55. The zero-order valence-electron chi connectivity index (χ0n) is 14.6. The molecule has 6 nitrogen and oxygen atoms in total. The predicted molar refractivity (Wildman–Crippen MR) is 96.2 cm³/mol. The van der Waals surface area contributed by atoms with Gasteiger partial charge in [-0.1, -0.05) is 23.9 Å². The minimum absolute atomic E-state index is 0.00946. The first kappa shape index (κ1) is 17.5. The molecular weight excluding hydrogens is 338 g/mol. The average Bonchev–Trinajstić information content (AvgIpc) is 2.58. The Hall–Kier alpha value is -2.28. The molecular formula is C18H21N3O3S. The van der Waals surface area contributed by atoms with Gasteiger partial charge in [-0.2, -0.15) is 0 Å². The highest BCUT2D eigenvalue weighted by Crippen LogP contribution is 2.31. The van der Waals surface area contributed by atoms with Gasteiger partial charge in [0.15, 0.2) is 22.8 Å². The molecule has 132 valence electrons. The minimum Gasteiger partial charge on any atom is -0.486 e. The summed E-state index contributed by atoms with van der Waals surface area (Å²) in [6, 6.07) is 9.47. The van der Waals surface area contributed by atoms with Crippen LogP contribution in [-0.2, 0) is 4.79 Å². The smallest absolute Gasteiger partial charge is 0.232 e. The molecule has 1 unspecified atom stereocenters. The second-order valence-electron chi connectivity index (χ2n) is 5.99. The Morgan fingerprint density at radius 1 is 1.24 bits per heavy atom. The van der Waals surface area contributed by atoms with Crippen LogP contribution in [0, 0.1) is 13.8 Å². The molecule has 1 atom stereocenters. The Morgan fingerprint density at radius 3 is 2.64 bits per heavy atom. The van der Waals surface area contributed by atoms with E-state index in [0.717, 1.165) is 22.9 Å². The van der Waals surface area contributed by atoms with Crippen molar-refractivity contribution in [3.05, 3.63) is 41.7 Å². The number of para-hydroxylation sites is 2. The number of benzene rings is 1. The van der Waals surface area contributed by atoms with E-state index in [1.165, 1.54) is 11.8 Å². The Kier molecular flexibility index (Phi) is 5.43. The van der Waals surface area contributed by atoms with Gasteiger partial charge in [-0.15, -0.1) is 0 Å². The molecule has 0 fully saturated rings. The lowest BCUT2D eigenvalue weighted by molar-refractivity contribution is -0.128. The Labute approximate surface area is 151 Å². The number of ether oxygens (including phenoxy) is 2. The topological polar surface area (TPSA) is 64.6 Å². The Balaban J connectivity index is 1.51. The highest BCUT2D eigenvalue weighted by atomic mass is 32.2. The van der Waals surface area contributed by atoms with Crippen LogP contribution in [-0.4, -0.2) is 52.8 Å². The summed E-state index contributed by atoms with van der Waals surface area (Å²) >= 11 is 1.35. The van der Waals surface area contributed by atoms with Crippen LogP contribution >= 0.6 is 11.8 Å². The van der Waals surface area contributed by atoms with Crippen molar-refractivity contribution in [2.75, 3.05) is 26.0 Å². The third-order valence-electron chi connectivity index (χ3n) is 3.76. The number of rotatable bonds is 5. The number of fused-ring (bicyclic) bond motifs is 1. The van der Waals surface area contributed by atoms with Crippen LogP contribution in [0.3, 0.4) is 0 Å². The van der Waals surface area contributed by atoms with Crippen molar-refractivity contribution in [3.8, 4) is 11.5 Å². The highest BCUT2D eigenvalue weighted by Gasteiger charge is 2.23. The van der Waals surface area contributed by atoms with Crippen LogP contribution in [0.1, 0.15) is 11.4 Å². The number of hydrogen-bond donors (Lipinski definition) is 0. The number of amides is 1. The van der Waals surface area contributed by atoms with Gasteiger partial charge in [0.1, 0.15) is 6.61 Å². The van der Waals surface area contributed by atoms with Gasteiger partial charge in [0.05, 0.1) is 12.3 Å². The molecule has 25 heavy (non-hydrogen) atoms. The summed E-state index contributed by atoms with van der Waals surface area (Å²) < 4.78 is 11.6. The maximum absolute atomic E-state index is 12.4. The van der Waals surface area contributed by atoms with E-state index in [0.29, 0.717) is 24.1 Å². The lowest BCUT2D eigenvalue weighted by atomic mass is 10.2. The average molecular weight is 359 g/mol. The molecule has 0 saturated heterocycles. The van der Waals surface area contributed by atoms with Gasteiger partial charge in [-0.05, 0) is 32.0 Å². The summed E-state index contributed by atoms with van der Waals surface area (Å²) in [6.45, 7) is 4.75. The SMILES string of the molecule is Cc1cc(C)nc(SCC(=O)N(C)CC2COc3ccccc3O2)n1. The molecule has 7 heteroatoms. The van der Waals surface area contributed by atoms with Crippen LogP contribution in [0.5, 0.6) is 11.5 Å². The van der Waals surface area contributed by atoms with E-state index < -0.39 is 0 Å². The number of carbonyl (C=O) groups excluding carboxylic acids is 1. The second-order valence-corrected chi connectivity index (χ2v) is 6.94. The molecule has 1 aliphatic rings. The van der Waals surface area contributed by atoms with Gasteiger partial charge in [-0.3, -0.25) is 4.79 Å². The number of hydrogen-bond acceptors (Lipinski definition) is 6. The molecule has 0 radical (unpaired) electrons. The van der Waals surface area contributed by atoms with Gasteiger partial charge in [0.2, 0.25) is 5.91 Å². The largest absolute Gasteiger partial charge is 0.486 e. The van der Waals surface area contributed by atoms with Crippen molar-refractivity contribution in [2.24, 2.45) is 0 Å². The van der Waals surface area contributed by atoms with Gasteiger partial charge in [0, 0.05) is 18.4 Å². The molecule has 0 bridgehead atoms. The summed E-state index contributed by atoms with van der Waals surface area (Å²) in [7, 11) is 1.77. The van der Waals surface area contributed by atoms with Crippen molar-refractivity contribution in [1.82, 2.24) is 14.9 Å². The maximum atomic E-state index is 12.4. The number of aromatic nitrogens is 2. The van der Waals surface area contributed by atoms with E-state index in [9.17, 15) is 4.79 Å². The molecule has 0 spiro atoms. The normalized spacial score (nSPS) is 15.7. The van der Waals surface area contributed by atoms with E-state index in [4.69, 9.17) is 9.47 Å². The first-order valence-electron chi connectivity index (χ1n) is 8.09. The standard InChI is InChI=1S/C18H21N3O3S/c1-12-8-13(2)20-18(19-12)25-11-17(22)21(3)9-14-10-23-15-6-4-5-7-16(15)24-14/h4-8,14H,9-11H2,1-3H3. The lowest BCUT2D eigenvalue weighted by Crippen LogP contribution is -2.42. The van der Waals surface area contributed by atoms with Gasteiger partial charge >= 0.3 is 0 Å². The summed E-state index contributed by atoms with van der Waals surface area (Å²) in [4.78, 5) is 22.7. The zero-order valence-corrected chi connectivity index (χ0v) is 15.4.